The molecule has 0 aliphatic carbocycles. The van der Waals surface area contributed by atoms with Gasteiger partial charge in [-0.15, -0.1) is 0 Å². The van der Waals surface area contributed by atoms with Gasteiger partial charge in [0.25, 0.3) is 0 Å². The van der Waals surface area contributed by atoms with Crippen molar-refractivity contribution in [3.63, 3.8) is 0 Å². The molecule has 20 heavy (non-hydrogen) atoms. The summed E-state index contributed by atoms with van der Waals surface area (Å²) < 4.78 is 5.73. The number of ether oxygens (including phenoxy) is 1. The fourth-order valence-corrected chi connectivity index (χ4v) is 2.25. The Morgan fingerprint density at radius 2 is 2.00 bits per heavy atom. The second kappa shape index (κ2) is 7.65. The van der Waals surface area contributed by atoms with Gasteiger partial charge < -0.3 is 15.6 Å². The number of aliphatic hydroxyl groups excluding tert-OH is 1. The van der Waals surface area contributed by atoms with Gasteiger partial charge in [0.05, 0.1) is 6.61 Å². The Hall–Kier alpha value is -1.06. The highest BCUT2D eigenvalue weighted by Crippen LogP contribution is 2.32. The van der Waals surface area contributed by atoms with Gasteiger partial charge in [-0.2, -0.15) is 0 Å². The van der Waals surface area contributed by atoms with Gasteiger partial charge in [0.2, 0.25) is 0 Å². The Morgan fingerprint density at radius 1 is 1.30 bits per heavy atom. The molecule has 0 fully saturated rings. The lowest BCUT2D eigenvalue weighted by atomic mass is 9.84. The fraction of sp³-hybridized carbons (Fsp3) is 0.647. The molecule has 0 heterocycles. The third-order valence-corrected chi connectivity index (χ3v) is 3.58. The SMILES string of the molecule is CCOc1ccc(CCC(CN)CO)cc1C(C)(C)C. The normalized spacial score (nSPS) is 13.3. The molecule has 0 aliphatic heterocycles. The summed E-state index contributed by atoms with van der Waals surface area (Å²) in [5.74, 6) is 1.17. The minimum absolute atomic E-state index is 0.0603. The summed E-state index contributed by atoms with van der Waals surface area (Å²) in [4.78, 5) is 0. The zero-order valence-corrected chi connectivity index (χ0v) is 13.3. The molecule has 0 saturated heterocycles. The van der Waals surface area contributed by atoms with Crippen LogP contribution in [0.3, 0.4) is 0 Å². The number of hydrogen-bond acceptors (Lipinski definition) is 3. The van der Waals surface area contributed by atoms with Crippen molar-refractivity contribution in [3.05, 3.63) is 29.3 Å². The van der Waals surface area contributed by atoms with Gasteiger partial charge in [0, 0.05) is 6.61 Å². The molecule has 0 aliphatic rings. The van der Waals surface area contributed by atoms with Gasteiger partial charge >= 0.3 is 0 Å². The number of benzene rings is 1. The lowest BCUT2D eigenvalue weighted by molar-refractivity contribution is 0.223. The zero-order chi connectivity index (χ0) is 15.2. The second-order valence-electron chi connectivity index (χ2n) is 6.34. The highest BCUT2D eigenvalue weighted by Gasteiger charge is 2.19. The molecule has 0 spiro atoms. The van der Waals surface area contributed by atoms with Crippen LogP contribution in [-0.2, 0) is 11.8 Å². The number of hydrogen-bond donors (Lipinski definition) is 2. The Labute approximate surface area is 123 Å². The van der Waals surface area contributed by atoms with E-state index in [2.05, 4.69) is 39.0 Å². The second-order valence-corrected chi connectivity index (χ2v) is 6.34. The molecule has 1 atom stereocenters. The number of aryl methyl sites for hydroxylation is 1. The molecule has 0 bridgehead atoms. The van der Waals surface area contributed by atoms with E-state index in [-0.39, 0.29) is 17.9 Å². The zero-order valence-electron chi connectivity index (χ0n) is 13.3. The summed E-state index contributed by atoms with van der Waals surface area (Å²) in [6, 6.07) is 6.41. The van der Waals surface area contributed by atoms with Crippen molar-refractivity contribution in [3.8, 4) is 5.75 Å². The third-order valence-electron chi connectivity index (χ3n) is 3.58. The van der Waals surface area contributed by atoms with E-state index in [0.29, 0.717) is 13.2 Å². The molecule has 1 aromatic carbocycles. The highest BCUT2D eigenvalue weighted by molar-refractivity contribution is 5.41. The molecular formula is C17H29NO2. The van der Waals surface area contributed by atoms with Crippen LogP contribution in [-0.4, -0.2) is 24.9 Å². The van der Waals surface area contributed by atoms with Crippen molar-refractivity contribution >= 4 is 0 Å². The maximum atomic E-state index is 9.20. The van der Waals surface area contributed by atoms with Crippen LogP contribution in [0.15, 0.2) is 18.2 Å². The van der Waals surface area contributed by atoms with Gasteiger partial charge in [-0.3, -0.25) is 0 Å². The Morgan fingerprint density at radius 3 is 2.50 bits per heavy atom. The smallest absolute Gasteiger partial charge is 0.123 e. The molecule has 3 heteroatoms. The average molecular weight is 279 g/mol. The summed E-state index contributed by atoms with van der Waals surface area (Å²) in [7, 11) is 0. The summed E-state index contributed by atoms with van der Waals surface area (Å²) in [6.45, 7) is 10.00. The van der Waals surface area contributed by atoms with Crippen LogP contribution in [0.5, 0.6) is 5.75 Å². The largest absolute Gasteiger partial charge is 0.494 e. The number of aliphatic hydroxyl groups is 1. The van der Waals surface area contributed by atoms with Crippen molar-refractivity contribution in [2.75, 3.05) is 19.8 Å². The van der Waals surface area contributed by atoms with Crippen LogP contribution in [0, 0.1) is 5.92 Å². The van der Waals surface area contributed by atoms with Crippen LogP contribution in [0.25, 0.3) is 0 Å². The van der Waals surface area contributed by atoms with E-state index in [1.807, 2.05) is 6.92 Å². The molecule has 114 valence electrons. The lowest BCUT2D eigenvalue weighted by Crippen LogP contribution is -2.19. The van der Waals surface area contributed by atoms with Crippen LogP contribution in [0.4, 0.5) is 0 Å². The van der Waals surface area contributed by atoms with Crippen molar-refractivity contribution in [2.24, 2.45) is 11.7 Å². The van der Waals surface area contributed by atoms with Crippen molar-refractivity contribution in [1.29, 1.82) is 0 Å². The third kappa shape index (κ3) is 4.80. The van der Waals surface area contributed by atoms with Gasteiger partial charge in [-0.25, -0.2) is 0 Å². The molecule has 1 rings (SSSR count). The summed E-state index contributed by atoms with van der Waals surface area (Å²) in [6.07, 6.45) is 1.86. The predicted octanol–water partition coefficient (Wildman–Crippen LogP) is 2.88. The molecule has 0 saturated carbocycles. The van der Waals surface area contributed by atoms with Crippen LogP contribution >= 0.6 is 0 Å². The van der Waals surface area contributed by atoms with E-state index >= 15 is 0 Å². The molecule has 0 radical (unpaired) electrons. The van der Waals surface area contributed by atoms with E-state index < -0.39 is 0 Å². The van der Waals surface area contributed by atoms with Gasteiger partial charge in [-0.05, 0) is 54.8 Å². The van der Waals surface area contributed by atoms with Gasteiger partial charge in [0.1, 0.15) is 5.75 Å². The lowest BCUT2D eigenvalue weighted by Gasteiger charge is -2.24. The van der Waals surface area contributed by atoms with Crippen LogP contribution in [0.2, 0.25) is 0 Å². The van der Waals surface area contributed by atoms with E-state index in [1.54, 1.807) is 0 Å². The number of nitrogens with two attached hydrogens (primary N) is 1. The van der Waals surface area contributed by atoms with Gasteiger partial charge in [-0.1, -0.05) is 32.9 Å². The molecule has 3 nitrogen and oxygen atoms in total. The molecule has 0 amide bonds. The first-order chi connectivity index (χ1) is 9.42. The quantitative estimate of drug-likeness (QED) is 0.807. The monoisotopic (exact) mass is 279 g/mol. The summed E-state index contributed by atoms with van der Waals surface area (Å²) in [5.41, 5.74) is 8.21. The summed E-state index contributed by atoms with van der Waals surface area (Å²) in [5, 5.41) is 9.20. The maximum Gasteiger partial charge on any atom is 0.123 e. The van der Waals surface area contributed by atoms with Gasteiger partial charge in [0.15, 0.2) is 0 Å². The van der Waals surface area contributed by atoms with E-state index in [0.717, 1.165) is 18.6 Å². The molecule has 3 N–H and O–H groups in total. The van der Waals surface area contributed by atoms with E-state index in [1.165, 1.54) is 11.1 Å². The molecule has 1 unspecified atom stereocenters. The first-order valence-corrected chi connectivity index (χ1v) is 7.49. The van der Waals surface area contributed by atoms with Crippen LogP contribution in [0.1, 0.15) is 45.2 Å². The Kier molecular flexibility index (Phi) is 6.50. The Balaban J connectivity index is 2.89. The first kappa shape index (κ1) is 17.0. The highest BCUT2D eigenvalue weighted by atomic mass is 16.5. The standard InChI is InChI=1S/C17H29NO2/c1-5-20-16-9-8-13(6-7-14(11-18)12-19)10-15(16)17(2,3)4/h8-10,14,19H,5-7,11-12,18H2,1-4H3. The van der Waals surface area contributed by atoms with Crippen molar-refractivity contribution < 1.29 is 9.84 Å². The number of rotatable bonds is 7. The molecule has 1 aromatic rings. The minimum Gasteiger partial charge on any atom is -0.494 e. The minimum atomic E-state index is 0.0603. The Bertz CT molecular complexity index is 406. The van der Waals surface area contributed by atoms with Crippen molar-refractivity contribution in [1.82, 2.24) is 0 Å². The predicted molar refractivity (Wildman–Crippen MR) is 84.3 cm³/mol. The van der Waals surface area contributed by atoms with E-state index in [4.69, 9.17) is 10.5 Å². The van der Waals surface area contributed by atoms with Crippen molar-refractivity contribution in [2.45, 2.75) is 46.0 Å². The molecular weight excluding hydrogens is 250 g/mol. The topological polar surface area (TPSA) is 55.5 Å². The average Bonchev–Trinajstić information content (AvgIpc) is 2.40. The first-order valence-electron chi connectivity index (χ1n) is 7.49. The summed E-state index contributed by atoms with van der Waals surface area (Å²) >= 11 is 0. The maximum absolute atomic E-state index is 9.20. The van der Waals surface area contributed by atoms with Crippen LogP contribution < -0.4 is 10.5 Å². The van der Waals surface area contributed by atoms with E-state index in [9.17, 15) is 5.11 Å². The fourth-order valence-electron chi connectivity index (χ4n) is 2.25. The molecule has 0 aromatic heterocycles.